The normalized spacial score (nSPS) is 11.5. The molecule has 3 rings (SSSR count). The molecule has 0 atom stereocenters. The Bertz CT molecular complexity index is 1030. The van der Waals surface area contributed by atoms with E-state index in [9.17, 15) is 26.3 Å². The smallest absolute Gasteiger partial charge is 0.432 e. The van der Waals surface area contributed by atoms with Gasteiger partial charge in [0.15, 0.2) is 11.6 Å². The molecule has 3 aromatic rings. The predicted octanol–water partition coefficient (Wildman–Crippen LogP) is 6.09. The van der Waals surface area contributed by atoms with Crippen molar-refractivity contribution in [3.05, 3.63) is 84.0 Å². The molecule has 0 radical (unpaired) electrons. The number of fused-ring (bicyclic) bond motifs is 1. The number of hydrogen-bond acceptors (Lipinski definition) is 2. The van der Waals surface area contributed by atoms with Crippen LogP contribution in [-0.2, 0) is 6.11 Å². The predicted molar refractivity (Wildman–Crippen MR) is 90.4 cm³/mol. The summed E-state index contributed by atoms with van der Waals surface area (Å²) in [5.74, 6) is -6.21. The fourth-order valence-electron chi connectivity index (χ4n) is 2.55. The van der Waals surface area contributed by atoms with Crippen LogP contribution in [0, 0.1) is 23.3 Å². The molecule has 28 heavy (non-hydrogen) atoms. The monoisotopic (exact) mass is 398 g/mol. The highest BCUT2D eigenvalue weighted by atomic mass is 19.3. The maximum atomic E-state index is 14.4. The Labute approximate surface area is 155 Å². The fourth-order valence-corrected chi connectivity index (χ4v) is 2.55. The molecule has 146 valence electrons. The van der Waals surface area contributed by atoms with E-state index in [-0.39, 0.29) is 23.1 Å². The van der Waals surface area contributed by atoms with Gasteiger partial charge in [-0.3, -0.25) is 0 Å². The molecule has 8 heteroatoms. The largest absolute Gasteiger partial charge is 0.489 e. The molecule has 0 amide bonds. The number of alkyl halides is 2. The van der Waals surface area contributed by atoms with Gasteiger partial charge in [-0.1, -0.05) is 18.7 Å². The van der Waals surface area contributed by atoms with E-state index in [1.165, 1.54) is 12.1 Å². The van der Waals surface area contributed by atoms with Crippen molar-refractivity contribution in [1.82, 2.24) is 0 Å². The minimum absolute atomic E-state index is 0.0701. The minimum atomic E-state index is -4.38. The second-order valence-corrected chi connectivity index (χ2v) is 5.76. The minimum Gasteiger partial charge on any atom is -0.489 e. The van der Waals surface area contributed by atoms with E-state index in [2.05, 4.69) is 11.3 Å². The van der Waals surface area contributed by atoms with Crippen LogP contribution in [0.3, 0.4) is 0 Å². The van der Waals surface area contributed by atoms with Gasteiger partial charge in [-0.15, -0.1) is 0 Å². The van der Waals surface area contributed by atoms with Crippen LogP contribution in [0.5, 0.6) is 11.5 Å². The molecular formula is C20H12F6O2. The first-order chi connectivity index (χ1) is 13.2. The lowest BCUT2D eigenvalue weighted by molar-refractivity contribution is -0.189. The van der Waals surface area contributed by atoms with Crippen molar-refractivity contribution in [2.75, 3.05) is 6.61 Å². The van der Waals surface area contributed by atoms with E-state index in [1.54, 1.807) is 0 Å². The summed E-state index contributed by atoms with van der Waals surface area (Å²) in [6.45, 7) is 3.29. The van der Waals surface area contributed by atoms with Crippen LogP contribution in [0.25, 0.3) is 10.8 Å². The van der Waals surface area contributed by atoms with Crippen molar-refractivity contribution in [3.63, 3.8) is 0 Å². The topological polar surface area (TPSA) is 18.5 Å². The average molecular weight is 398 g/mol. The zero-order chi connectivity index (χ0) is 20.5. The highest BCUT2D eigenvalue weighted by Crippen LogP contribution is 2.37. The van der Waals surface area contributed by atoms with E-state index in [0.717, 1.165) is 24.3 Å². The molecule has 0 N–H and O–H groups in total. The summed E-state index contributed by atoms with van der Waals surface area (Å²) < 4.78 is 92.9. The van der Waals surface area contributed by atoms with E-state index in [1.807, 2.05) is 0 Å². The summed E-state index contributed by atoms with van der Waals surface area (Å²) in [5, 5.41) is 0.303. The number of hydrogen-bond donors (Lipinski definition) is 0. The third kappa shape index (κ3) is 3.90. The number of halogens is 6. The molecule has 0 unspecified atom stereocenters. The summed E-state index contributed by atoms with van der Waals surface area (Å²) >= 11 is 0. The Kier molecular flexibility index (Phi) is 5.22. The van der Waals surface area contributed by atoms with Crippen molar-refractivity contribution in [2.45, 2.75) is 6.11 Å². The van der Waals surface area contributed by atoms with E-state index in [0.29, 0.717) is 12.1 Å². The molecule has 0 saturated heterocycles. The van der Waals surface area contributed by atoms with Crippen molar-refractivity contribution < 1.29 is 35.8 Å². The summed E-state index contributed by atoms with van der Waals surface area (Å²) in [6.07, 6.45) is -3.06. The Balaban J connectivity index is 1.94. The molecule has 0 fully saturated rings. The molecule has 0 aromatic heterocycles. The Morgan fingerprint density at radius 1 is 0.786 bits per heavy atom. The lowest BCUT2D eigenvalue weighted by Gasteiger charge is -2.20. The molecule has 2 nitrogen and oxygen atoms in total. The zero-order valence-corrected chi connectivity index (χ0v) is 14.1. The third-order valence-corrected chi connectivity index (χ3v) is 3.77. The molecule has 0 bridgehead atoms. The molecule has 3 aromatic carbocycles. The van der Waals surface area contributed by atoms with Gasteiger partial charge in [0.1, 0.15) is 35.3 Å². The van der Waals surface area contributed by atoms with Gasteiger partial charge in [-0.2, -0.15) is 8.78 Å². The van der Waals surface area contributed by atoms with Gasteiger partial charge in [-0.05, 0) is 35.0 Å². The highest BCUT2D eigenvalue weighted by Gasteiger charge is 2.41. The number of benzene rings is 3. The van der Waals surface area contributed by atoms with Crippen molar-refractivity contribution in [1.29, 1.82) is 0 Å². The van der Waals surface area contributed by atoms with Gasteiger partial charge in [0.05, 0.1) is 0 Å². The third-order valence-electron chi connectivity index (χ3n) is 3.77. The van der Waals surface area contributed by atoms with Crippen molar-refractivity contribution >= 4 is 10.8 Å². The standard InChI is InChI=1S/C20H12F6O2/c1-2-5-27-14-9-17(23)19(18(24)10-14)20(25,26)28-13-4-3-11-7-15(21)16(22)8-12(11)6-13/h2-4,6-10H,1,5H2. The lowest BCUT2D eigenvalue weighted by atomic mass is 10.1. The van der Waals surface area contributed by atoms with Crippen molar-refractivity contribution in [2.24, 2.45) is 0 Å². The maximum Gasteiger partial charge on any atom is 0.432 e. The van der Waals surface area contributed by atoms with Gasteiger partial charge in [0.2, 0.25) is 0 Å². The van der Waals surface area contributed by atoms with Crippen molar-refractivity contribution in [3.8, 4) is 11.5 Å². The number of ether oxygens (including phenoxy) is 2. The van der Waals surface area contributed by atoms with Crippen LogP contribution in [0.4, 0.5) is 26.3 Å². The average Bonchev–Trinajstić information content (AvgIpc) is 2.60. The summed E-state index contributed by atoms with van der Waals surface area (Å²) in [5.41, 5.74) is -1.61. The first-order valence-electron chi connectivity index (χ1n) is 7.90. The molecule has 0 aliphatic heterocycles. The van der Waals surface area contributed by atoms with Crippen LogP contribution in [0.2, 0.25) is 0 Å². The molecule has 0 saturated carbocycles. The Hall–Kier alpha value is -3.16. The molecule has 0 spiro atoms. The fraction of sp³-hybridized carbons (Fsp3) is 0.100. The second kappa shape index (κ2) is 7.46. The SMILES string of the molecule is C=CCOc1cc(F)c(C(F)(F)Oc2ccc3cc(F)c(F)cc3c2)c(F)c1. The Morgan fingerprint density at radius 3 is 2.00 bits per heavy atom. The van der Waals surface area contributed by atoms with Gasteiger partial charge in [0, 0.05) is 12.1 Å². The van der Waals surface area contributed by atoms with E-state index in [4.69, 9.17) is 4.74 Å². The molecular weight excluding hydrogens is 386 g/mol. The maximum absolute atomic E-state index is 14.4. The zero-order valence-electron chi connectivity index (χ0n) is 14.1. The molecule has 0 aliphatic rings. The van der Waals surface area contributed by atoms with Gasteiger partial charge in [0.25, 0.3) is 0 Å². The van der Waals surface area contributed by atoms with Gasteiger partial charge < -0.3 is 9.47 Å². The molecule has 0 heterocycles. The second-order valence-electron chi connectivity index (χ2n) is 5.76. The van der Waals surface area contributed by atoms with E-state index < -0.39 is 40.7 Å². The van der Waals surface area contributed by atoms with Crippen LogP contribution in [0.1, 0.15) is 5.56 Å². The molecule has 0 aliphatic carbocycles. The van der Waals surface area contributed by atoms with Crippen LogP contribution < -0.4 is 9.47 Å². The van der Waals surface area contributed by atoms with Gasteiger partial charge in [-0.25, -0.2) is 17.6 Å². The lowest BCUT2D eigenvalue weighted by Crippen LogP contribution is -2.25. The summed E-state index contributed by atoms with van der Waals surface area (Å²) in [4.78, 5) is 0. The van der Waals surface area contributed by atoms with Crippen LogP contribution >= 0.6 is 0 Å². The van der Waals surface area contributed by atoms with Crippen LogP contribution in [0.15, 0.2) is 55.1 Å². The quantitative estimate of drug-likeness (QED) is 0.370. The first-order valence-corrected chi connectivity index (χ1v) is 7.90. The number of rotatable bonds is 6. The summed E-state index contributed by atoms with van der Waals surface area (Å²) in [7, 11) is 0. The highest BCUT2D eigenvalue weighted by molar-refractivity contribution is 5.84. The van der Waals surface area contributed by atoms with Crippen LogP contribution in [-0.4, -0.2) is 6.61 Å². The van der Waals surface area contributed by atoms with Gasteiger partial charge >= 0.3 is 6.11 Å². The summed E-state index contributed by atoms with van der Waals surface area (Å²) in [6, 6.07) is 6.13. The van der Waals surface area contributed by atoms with E-state index >= 15 is 0 Å². The first kappa shape index (κ1) is 19.6. The Morgan fingerprint density at radius 2 is 1.39 bits per heavy atom.